The van der Waals surface area contributed by atoms with Crippen molar-refractivity contribution in [1.29, 1.82) is 0 Å². The molecule has 2 rings (SSSR count). The van der Waals surface area contributed by atoms with Gasteiger partial charge in [-0.05, 0) is 37.3 Å². The highest BCUT2D eigenvalue weighted by molar-refractivity contribution is 9.10. The highest BCUT2D eigenvalue weighted by atomic mass is 79.9. The van der Waals surface area contributed by atoms with E-state index in [9.17, 15) is 5.11 Å². The maximum Gasteiger partial charge on any atom is 0.146 e. The number of ether oxygens (including phenoxy) is 2. The number of methoxy groups -OCH3 is 1. The van der Waals surface area contributed by atoms with Gasteiger partial charge in [-0.15, -0.1) is 0 Å². The van der Waals surface area contributed by atoms with E-state index < -0.39 is 6.10 Å². The molecule has 1 N–H and O–H groups in total. The van der Waals surface area contributed by atoms with Gasteiger partial charge in [0, 0.05) is 4.47 Å². The molecule has 0 aliphatic rings. The van der Waals surface area contributed by atoms with E-state index in [-0.39, 0.29) is 0 Å². The third-order valence-electron chi connectivity index (χ3n) is 2.78. The zero-order valence-corrected chi connectivity index (χ0v) is 13.4. The van der Waals surface area contributed by atoms with Crippen molar-refractivity contribution in [3.63, 3.8) is 0 Å². The summed E-state index contributed by atoms with van der Waals surface area (Å²) in [6.45, 7) is 1.66. The van der Waals surface area contributed by atoms with E-state index in [2.05, 4.69) is 15.9 Å². The van der Waals surface area contributed by atoms with E-state index in [0.717, 1.165) is 4.47 Å². The van der Waals surface area contributed by atoms with Crippen molar-refractivity contribution in [3.05, 3.63) is 51.5 Å². The minimum Gasteiger partial charge on any atom is -0.496 e. The summed E-state index contributed by atoms with van der Waals surface area (Å²) in [5.41, 5.74) is 0.592. The number of aliphatic hydroxyl groups excluding tert-OH is 1. The SMILES string of the molecule is COc1cccc(Oc2ccc(Br)cc2Cl)c1[C@H](C)O. The van der Waals surface area contributed by atoms with Crippen LogP contribution < -0.4 is 9.47 Å². The first kappa shape index (κ1) is 15.2. The second-order valence-electron chi connectivity index (χ2n) is 4.22. The second kappa shape index (κ2) is 6.48. The summed E-state index contributed by atoms with van der Waals surface area (Å²) in [5, 5.41) is 10.4. The smallest absolute Gasteiger partial charge is 0.146 e. The first-order valence-corrected chi connectivity index (χ1v) is 7.18. The topological polar surface area (TPSA) is 38.7 Å². The molecule has 0 aromatic heterocycles. The first-order chi connectivity index (χ1) is 9.52. The van der Waals surface area contributed by atoms with E-state index in [1.807, 2.05) is 6.07 Å². The average molecular weight is 358 g/mol. The fraction of sp³-hybridized carbons (Fsp3) is 0.200. The van der Waals surface area contributed by atoms with Gasteiger partial charge < -0.3 is 14.6 Å². The molecule has 2 aromatic carbocycles. The molecule has 0 bridgehead atoms. The molecule has 0 aliphatic heterocycles. The Labute approximate surface area is 131 Å². The fourth-order valence-corrected chi connectivity index (χ4v) is 2.59. The third-order valence-corrected chi connectivity index (χ3v) is 3.57. The molecule has 20 heavy (non-hydrogen) atoms. The molecule has 0 saturated carbocycles. The van der Waals surface area contributed by atoms with E-state index in [0.29, 0.717) is 27.8 Å². The molecule has 0 amide bonds. The first-order valence-electron chi connectivity index (χ1n) is 6.00. The fourth-order valence-electron chi connectivity index (χ4n) is 1.88. The normalized spacial score (nSPS) is 12.1. The minimum absolute atomic E-state index is 0.485. The van der Waals surface area contributed by atoms with Crippen molar-refractivity contribution in [3.8, 4) is 17.2 Å². The Morgan fingerprint density at radius 3 is 2.45 bits per heavy atom. The summed E-state index contributed by atoms with van der Waals surface area (Å²) in [4.78, 5) is 0. The average Bonchev–Trinajstić information content (AvgIpc) is 2.41. The van der Waals surface area contributed by atoms with Crippen LogP contribution in [0.15, 0.2) is 40.9 Å². The van der Waals surface area contributed by atoms with Gasteiger partial charge in [0.15, 0.2) is 0 Å². The molecule has 3 nitrogen and oxygen atoms in total. The lowest BCUT2D eigenvalue weighted by Crippen LogP contribution is -2.00. The zero-order valence-electron chi connectivity index (χ0n) is 11.1. The van der Waals surface area contributed by atoms with E-state index in [4.69, 9.17) is 21.1 Å². The van der Waals surface area contributed by atoms with Crippen LogP contribution in [-0.2, 0) is 0 Å². The Morgan fingerprint density at radius 2 is 1.85 bits per heavy atom. The Kier molecular flexibility index (Phi) is 4.91. The molecule has 0 radical (unpaired) electrons. The summed E-state index contributed by atoms with van der Waals surface area (Å²) in [6.07, 6.45) is -0.713. The monoisotopic (exact) mass is 356 g/mol. The molecule has 106 valence electrons. The number of hydrogen-bond acceptors (Lipinski definition) is 3. The van der Waals surface area contributed by atoms with Crippen LogP contribution in [0.5, 0.6) is 17.2 Å². The van der Waals surface area contributed by atoms with Crippen LogP contribution in [0.4, 0.5) is 0 Å². The maximum atomic E-state index is 9.91. The highest BCUT2D eigenvalue weighted by Gasteiger charge is 2.16. The molecular formula is C15H14BrClO3. The number of hydrogen-bond donors (Lipinski definition) is 1. The second-order valence-corrected chi connectivity index (χ2v) is 5.55. The molecule has 0 saturated heterocycles. The van der Waals surface area contributed by atoms with Crippen LogP contribution in [0.3, 0.4) is 0 Å². The largest absolute Gasteiger partial charge is 0.496 e. The molecule has 0 unspecified atom stereocenters. The molecule has 0 spiro atoms. The zero-order chi connectivity index (χ0) is 14.7. The van der Waals surface area contributed by atoms with Crippen LogP contribution in [0.25, 0.3) is 0 Å². The lowest BCUT2D eigenvalue weighted by atomic mass is 10.1. The third kappa shape index (κ3) is 3.26. The predicted octanol–water partition coefficient (Wildman–Crippen LogP) is 4.96. The minimum atomic E-state index is -0.713. The van der Waals surface area contributed by atoms with Gasteiger partial charge in [0.25, 0.3) is 0 Å². The van der Waals surface area contributed by atoms with E-state index in [1.54, 1.807) is 44.4 Å². The molecule has 0 heterocycles. The van der Waals surface area contributed by atoms with Crippen molar-refractivity contribution in [2.24, 2.45) is 0 Å². The summed E-state index contributed by atoms with van der Waals surface area (Å²) in [5.74, 6) is 1.61. The number of halogens is 2. The predicted molar refractivity (Wildman–Crippen MR) is 82.9 cm³/mol. The highest BCUT2D eigenvalue weighted by Crippen LogP contribution is 2.38. The van der Waals surface area contributed by atoms with Crippen LogP contribution in [0.1, 0.15) is 18.6 Å². The van der Waals surface area contributed by atoms with Gasteiger partial charge in [0.1, 0.15) is 17.2 Å². The Morgan fingerprint density at radius 1 is 1.15 bits per heavy atom. The van der Waals surface area contributed by atoms with Crippen LogP contribution >= 0.6 is 27.5 Å². The molecule has 1 atom stereocenters. The lowest BCUT2D eigenvalue weighted by Gasteiger charge is -2.17. The van der Waals surface area contributed by atoms with Crippen molar-refractivity contribution in [2.75, 3.05) is 7.11 Å². The van der Waals surface area contributed by atoms with Crippen LogP contribution in [0.2, 0.25) is 5.02 Å². The molecule has 2 aromatic rings. The van der Waals surface area contributed by atoms with Gasteiger partial charge >= 0.3 is 0 Å². The van der Waals surface area contributed by atoms with Gasteiger partial charge in [-0.3, -0.25) is 0 Å². The molecular weight excluding hydrogens is 344 g/mol. The van der Waals surface area contributed by atoms with Crippen molar-refractivity contribution < 1.29 is 14.6 Å². The summed E-state index contributed by atoms with van der Waals surface area (Å²) < 4.78 is 11.9. The summed E-state index contributed by atoms with van der Waals surface area (Å²) in [7, 11) is 1.55. The van der Waals surface area contributed by atoms with E-state index in [1.165, 1.54) is 0 Å². The van der Waals surface area contributed by atoms with Gasteiger partial charge in [-0.1, -0.05) is 33.6 Å². The van der Waals surface area contributed by atoms with E-state index >= 15 is 0 Å². The van der Waals surface area contributed by atoms with Gasteiger partial charge in [0.2, 0.25) is 0 Å². The van der Waals surface area contributed by atoms with Crippen molar-refractivity contribution in [1.82, 2.24) is 0 Å². The van der Waals surface area contributed by atoms with Gasteiger partial charge in [-0.2, -0.15) is 0 Å². The Balaban J connectivity index is 2.43. The number of rotatable bonds is 4. The summed E-state index contributed by atoms with van der Waals surface area (Å²) in [6, 6.07) is 10.7. The summed E-state index contributed by atoms with van der Waals surface area (Å²) >= 11 is 9.48. The van der Waals surface area contributed by atoms with Crippen molar-refractivity contribution >= 4 is 27.5 Å². The molecule has 0 fully saturated rings. The van der Waals surface area contributed by atoms with Gasteiger partial charge in [0.05, 0.1) is 23.8 Å². The Bertz CT molecular complexity index is 614. The van der Waals surface area contributed by atoms with Crippen molar-refractivity contribution in [2.45, 2.75) is 13.0 Å². The quantitative estimate of drug-likeness (QED) is 0.841. The lowest BCUT2D eigenvalue weighted by molar-refractivity contribution is 0.190. The van der Waals surface area contributed by atoms with Crippen LogP contribution in [0, 0.1) is 0 Å². The molecule has 0 aliphatic carbocycles. The van der Waals surface area contributed by atoms with Crippen LogP contribution in [-0.4, -0.2) is 12.2 Å². The van der Waals surface area contributed by atoms with Gasteiger partial charge in [-0.25, -0.2) is 0 Å². The number of benzene rings is 2. The molecule has 5 heteroatoms. The Hall–Kier alpha value is -1.23. The number of aliphatic hydroxyl groups is 1. The standard InChI is InChI=1S/C15H14BrClO3/c1-9(18)15-13(19-2)4-3-5-14(15)20-12-7-6-10(16)8-11(12)17/h3-9,18H,1-2H3/t9-/m0/s1. The maximum absolute atomic E-state index is 9.91.